The molecule has 42 heavy (non-hydrogen) atoms. The quantitative estimate of drug-likeness (QED) is 0.158. The van der Waals surface area contributed by atoms with E-state index in [1.807, 2.05) is 0 Å². The van der Waals surface area contributed by atoms with Gasteiger partial charge in [0.05, 0.1) is 23.3 Å². The van der Waals surface area contributed by atoms with E-state index in [1.165, 1.54) is 0 Å². The topological polar surface area (TPSA) is 114 Å². The van der Waals surface area contributed by atoms with E-state index in [-0.39, 0.29) is 23.3 Å². The Kier molecular flexibility index (Phi) is 9.00. The smallest absolute Gasteiger partial charge is 0.338 e. The van der Waals surface area contributed by atoms with Crippen LogP contribution in [0.25, 0.3) is 0 Å². The lowest BCUT2D eigenvalue weighted by molar-refractivity contribution is -0.241. The molecule has 0 spiro atoms. The summed E-state index contributed by atoms with van der Waals surface area (Å²) in [6.07, 6.45) is -4.41. The van der Waals surface area contributed by atoms with Gasteiger partial charge < -0.3 is 23.7 Å². The maximum atomic E-state index is 13.2. The number of carbonyl (C=O) groups excluding carboxylic acids is 4. The Bertz CT molecular complexity index is 1510. The molecule has 1 saturated heterocycles. The summed E-state index contributed by atoms with van der Waals surface area (Å²) in [5.41, 5.74) is 1.19. The van der Waals surface area contributed by atoms with Crippen molar-refractivity contribution in [1.82, 2.24) is 0 Å². The maximum Gasteiger partial charge on any atom is 0.338 e. The number of esters is 3. The lowest BCUT2D eigenvalue weighted by Gasteiger charge is -2.40. The summed E-state index contributed by atoms with van der Waals surface area (Å²) in [7, 11) is 0. The van der Waals surface area contributed by atoms with Gasteiger partial charge in [-0.25, -0.2) is 14.4 Å². The Labute approximate surface area is 241 Å². The Morgan fingerprint density at radius 1 is 0.595 bits per heavy atom. The molecule has 1 fully saturated rings. The van der Waals surface area contributed by atoms with Gasteiger partial charge in [-0.1, -0.05) is 54.6 Å². The van der Waals surface area contributed by atoms with Crippen molar-refractivity contribution in [3.05, 3.63) is 138 Å². The first-order valence-electron chi connectivity index (χ1n) is 13.1. The lowest BCUT2D eigenvalue weighted by Crippen LogP contribution is -2.59. The number of hydrogen-bond acceptors (Lipinski definition) is 9. The van der Waals surface area contributed by atoms with Gasteiger partial charge in [-0.3, -0.25) is 4.79 Å². The first-order valence-corrected chi connectivity index (χ1v) is 13.1. The first kappa shape index (κ1) is 28.3. The number of carbonyl (C=O) groups is 4. The molecule has 5 rings (SSSR count). The van der Waals surface area contributed by atoms with E-state index < -0.39 is 42.5 Å². The second-order valence-corrected chi connectivity index (χ2v) is 9.29. The number of ether oxygens (including phenoxy) is 5. The van der Waals surface area contributed by atoms with Crippen molar-refractivity contribution in [2.45, 2.75) is 24.6 Å². The third-order valence-corrected chi connectivity index (χ3v) is 6.42. The van der Waals surface area contributed by atoms with Gasteiger partial charge in [0.1, 0.15) is 12.0 Å². The molecule has 212 valence electrons. The fourth-order valence-electron chi connectivity index (χ4n) is 4.28. The summed E-state index contributed by atoms with van der Waals surface area (Å²) < 4.78 is 29.4. The highest BCUT2D eigenvalue weighted by molar-refractivity contribution is 5.91. The molecule has 1 aliphatic rings. The van der Waals surface area contributed by atoms with E-state index in [0.29, 0.717) is 17.6 Å². The summed E-state index contributed by atoms with van der Waals surface area (Å²) in [4.78, 5) is 50.6. The molecule has 4 aromatic carbocycles. The van der Waals surface area contributed by atoms with Crippen molar-refractivity contribution in [3.63, 3.8) is 0 Å². The molecule has 0 N–H and O–H groups in total. The highest BCUT2D eigenvalue weighted by Gasteiger charge is 2.49. The molecule has 9 nitrogen and oxygen atoms in total. The summed E-state index contributed by atoms with van der Waals surface area (Å²) in [5, 5.41) is 0. The Morgan fingerprint density at radius 2 is 1.05 bits per heavy atom. The van der Waals surface area contributed by atoms with Crippen LogP contribution in [0.5, 0.6) is 5.75 Å². The van der Waals surface area contributed by atoms with Crippen molar-refractivity contribution < 1.29 is 42.9 Å². The molecular formula is C33H26O9. The van der Waals surface area contributed by atoms with Crippen LogP contribution in [0.2, 0.25) is 0 Å². The largest absolute Gasteiger partial charge is 0.461 e. The molecule has 0 amide bonds. The molecule has 0 bridgehead atoms. The van der Waals surface area contributed by atoms with Crippen LogP contribution in [-0.2, 0) is 18.9 Å². The van der Waals surface area contributed by atoms with Crippen molar-refractivity contribution in [1.29, 1.82) is 0 Å². The minimum Gasteiger partial charge on any atom is -0.461 e. The molecular weight excluding hydrogens is 540 g/mol. The SMILES string of the molecule is O=Cc1ccc(O[C@@H]2OC[C@@H](OC(=O)c3ccccc3)[C@H](OC(=O)c3ccccc3)[C@H]2OC(=O)c2ccccc2)cc1. The Hall–Kier alpha value is -5.28. The molecule has 0 unspecified atom stereocenters. The highest BCUT2D eigenvalue weighted by atomic mass is 16.7. The Balaban J connectivity index is 1.48. The first-order chi connectivity index (χ1) is 20.5. The van der Waals surface area contributed by atoms with Crippen molar-refractivity contribution in [2.75, 3.05) is 6.61 Å². The lowest BCUT2D eigenvalue weighted by atomic mass is 10.0. The van der Waals surface area contributed by atoms with Crippen LogP contribution in [0.3, 0.4) is 0 Å². The van der Waals surface area contributed by atoms with Crippen LogP contribution < -0.4 is 4.74 Å². The van der Waals surface area contributed by atoms with Crippen LogP contribution in [0.1, 0.15) is 41.4 Å². The van der Waals surface area contributed by atoms with Gasteiger partial charge in [0.2, 0.25) is 12.4 Å². The van der Waals surface area contributed by atoms with E-state index in [0.717, 1.165) is 0 Å². The van der Waals surface area contributed by atoms with Gasteiger partial charge in [0.15, 0.2) is 12.2 Å². The molecule has 4 atom stereocenters. The highest BCUT2D eigenvalue weighted by Crippen LogP contribution is 2.29. The monoisotopic (exact) mass is 566 g/mol. The second kappa shape index (κ2) is 13.4. The minimum absolute atomic E-state index is 0.234. The third kappa shape index (κ3) is 6.89. The average Bonchev–Trinajstić information content (AvgIpc) is 3.05. The van der Waals surface area contributed by atoms with Crippen LogP contribution in [0.4, 0.5) is 0 Å². The maximum absolute atomic E-state index is 13.2. The van der Waals surface area contributed by atoms with Gasteiger partial charge in [0.25, 0.3) is 0 Å². The number of benzene rings is 4. The third-order valence-electron chi connectivity index (χ3n) is 6.42. The standard InChI is InChI=1S/C33H26O9/c34-20-22-16-18-26(19-17-22)39-33-29(42-32(37)25-14-8-3-9-15-25)28(41-31(36)24-12-6-2-7-13-24)27(21-38-33)40-30(35)23-10-4-1-5-11-23/h1-20,27-29,33H,21H2/t27-,28+,29-,33+/m1/s1. The van der Waals surface area contributed by atoms with Gasteiger partial charge in [-0.05, 0) is 60.7 Å². The summed E-state index contributed by atoms with van der Waals surface area (Å²) >= 11 is 0. The molecule has 0 radical (unpaired) electrons. The van der Waals surface area contributed by atoms with Crippen LogP contribution in [-0.4, -0.2) is 55.4 Å². The number of rotatable bonds is 9. The Morgan fingerprint density at radius 3 is 1.52 bits per heavy atom. The van der Waals surface area contributed by atoms with Gasteiger partial charge >= 0.3 is 17.9 Å². The fourth-order valence-corrected chi connectivity index (χ4v) is 4.28. The zero-order valence-electron chi connectivity index (χ0n) is 22.2. The van der Waals surface area contributed by atoms with E-state index in [9.17, 15) is 19.2 Å². The predicted octanol–water partition coefficient (Wildman–Crippen LogP) is 4.91. The van der Waals surface area contributed by atoms with Gasteiger partial charge in [-0.15, -0.1) is 0 Å². The normalized spacial score (nSPS) is 19.6. The minimum atomic E-state index is -1.36. The molecule has 1 heterocycles. The van der Waals surface area contributed by atoms with E-state index in [4.69, 9.17) is 23.7 Å². The molecule has 0 aliphatic carbocycles. The molecule has 0 saturated carbocycles. The van der Waals surface area contributed by atoms with Crippen LogP contribution in [0, 0.1) is 0 Å². The second-order valence-electron chi connectivity index (χ2n) is 9.29. The van der Waals surface area contributed by atoms with Crippen molar-refractivity contribution in [3.8, 4) is 5.75 Å². The zero-order valence-corrected chi connectivity index (χ0v) is 22.2. The summed E-state index contributed by atoms with van der Waals surface area (Å²) in [6, 6.07) is 31.0. The van der Waals surface area contributed by atoms with Crippen molar-refractivity contribution in [2.24, 2.45) is 0 Å². The van der Waals surface area contributed by atoms with Crippen LogP contribution in [0.15, 0.2) is 115 Å². The van der Waals surface area contributed by atoms with Crippen LogP contribution >= 0.6 is 0 Å². The molecule has 9 heteroatoms. The fraction of sp³-hybridized carbons (Fsp3) is 0.152. The van der Waals surface area contributed by atoms with E-state index in [1.54, 1.807) is 115 Å². The molecule has 1 aliphatic heterocycles. The predicted molar refractivity (Wildman–Crippen MR) is 149 cm³/mol. The number of aldehydes is 1. The van der Waals surface area contributed by atoms with Crippen molar-refractivity contribution >= 4 is 24.2 Å². The van der Waals surface area contributed by atoms with Gasteiger partial charge in [0, 0.05) is 5.56 Å². The zero-order chi connectivity index (χ0) is 29.3. The van der Waals surface area contributed by atoms with Gasteiger partial charge in [-0.2, -0.15) is 0 Å². The number of hydrogen-bond donors (Lipinski definition) is 0. The van der Waals surface area contributed by atoms with E-state index >= 15 is 0 Å². The summed E-state index contributed by atoms with van der Waals surface area (Å²) in [5.74, 6) is -1.83. The average molecular weight is 567 g/mol. The van der Waals surface area contributed by atoms with E-state index in [2.05, 4.69) is 0 Å². The molecule has 0 aromatic heterocycles. The summed E-state index contributed by atoms with van der Waals surface area (Å²) in [6.45, 7) is -0.234. The molecule has 4 aromatic rings.